The average molecular weight is 279 g/mol. The summed E-state index contributed by atoms with van der Waals surface area (Å²) in [7, 11) is 0. The number of carbonyl (C=O) groups is 2. The summed E-state index contributed by atoms with van der Waals surface area (Å²) < 4.78 is 10.8. The van der Waals surface area contributed by atoms with Crippen LogP contribution < -0.4 is 4.90 Å². The van der Waals surface area contributed by atoms with Gasteiger partial charge in [-0.25, -0.2) is 0 Å². The number of piperidine rings is 1. The van der Waals surface area contributed by atoms with Crippen molar-refractivity contribution in [3.05, 3.63) is 17.9 Å². The van der Waals surface area contributed by atoms with Crippen molar-refractivity contribution in [1.29, 1.82) is 0 Å². The molecule has 1 unspecified atom stereocenters. The van der Waals surface area contributed by atoms with Crippen LogP contribution in [0.4, 0.5) is 5.88 Å². The summed E-state index contributed by atoms with van der Waals surface area (Å²) in [5, 5.41) is 0. The molecule has 0 aliphatic carbocycles. The Morgan fingerprint density at radius 1 is 1.45 bits per heavy atom. The van der Waals surface area contributed by atoms with Crippen LogP contribution in [0.25, 0.3) is 0 Å². The van der Waals surface area contributed by atoms with Gasteiger partial charge in [0.1, 0.15) is 5.60 Å². The molecule has 0 bridgehead atoms. The van der Waals surface area contributed by atoms with E-state index in [0.29, 0.717) is 24.5 Å². The highest BCUT2D eigenvalue weighted by atomic mass is 16.6. The minimum absolute atomic E-state index is 0.146. The van der Waals surface area contributed by atoms with Gasteiger partial charge in [-0.1, -0.05) is 0 Å². The Bertz CT molecular complexity index is 486. The highest BCUT2D eigenvalue weighted by Gasteiger charge is 2.30. The summed E-state index contributed by atoms with van der Waals surface area (Å²) in [5.74, 6) is 0.636. The molecular weight excluding hydrogens is 258 g/mol. The van der Waals surface area contributed by atoms with Crippen LogP contribution in [0, 0.1) is 5.92 Å². The molecule has 1 aliphatic rings. The van der Waals surface area contributed by atoms with Gasteiger partial charge < -0.3 is 14.1 Å². The first-order valence-corrected chi connectivity index (χ1v) is 6.92. The maximum atomic E-state index is 12.1. The van der Waals surface area contributed by atoms with E-state index in [1.165, 1.54) is 0 Å². The van der Waals surface area contributed by atoms with Gasteiger partial charge in [0.2, 0.25) is 0 Å². The number of esters is 1. The lowest BCUT2D eigenvalue weighted by Gasteiger charge is -2.32. The molecule has 0 radical (unpaired) electrons. The van der Waals surface area contributed by atoms with Crippen molar-refractivity contribution >= 4 is 18.1 Å². The number of hydrogen-bond acceptors (Lipinski definition) is 5. The number of aldehydes is 1. The number of anilines is 1. The molecule has 0 spiro atoms. The first-order valence-electron chi connectivity index (χ1n) is 6.92. The van der Waals surface area contributed by atoms with Crippen LogP contribution in [0.15, 0.2) is 16.5 Å². The third kappa shape index (κ3) is 3.62. The zero-order chi connectivity index (χ0) is 14.8. The van der Waals surface area contributed by atoms with E-state index in [-0.39, 0.29) is 11.9 Å². The summed E-state index contributed by atoms with van der Waals surface area (Å²) in [6.45, 7) is 7.00. The Kier molecular flexibility index (Phi) is 4.16. The highest BCUT2D eigenvalue weighted by Crippen LogP contribution is 2.26. The van der Waals surface area contributed by atoms with Crippen molar-refractivity contribution in [3.8, 4) is 0 Å². The number of hydrogen-bond donors (Lipinski definition) is 0. The minimum atomic E-state index is -0.464. The SMILES string of the molecule is CC(C)(C)OC(=O)C1CCCN(c2ccc(C=O)o2)C1. The molecule has 1 saturated heterocycles. The number of rotatable bonds is 3. The van der Waals surface area contributed by atoms with E-state index in [9.17, 15) is 9.59 Å². The Labute approximate surface area is 118 Å². The molecule has 0 saturated carbocycles. The molecule has 0 N–H and O–H groups in total. The zero-order valence-corrected chi connectivity index (χ0v) is 12.2. The molecule has 1 aliphatic heterocycles. The van der Waals surface area contributed by atoms with Crippen molar-refractivity contribution in [2.45, 2.75) is 39.2 Å². The second-order valence-electron chi connectivity index (χ2n) is 6.11. The quantitative estimate of drug-likeness (QED) is 0.629. The predicted molar refractivity (Wildman–Crippen MR) is 74.9 cm³/mol. The number of carbonyl (C=O) groups excluding carboxylic acids is 2. The van der Waals surface area contributed by atoms with Gasteiger partial charge in [-0.05, 0) is 39.7 Å². The van der Waals surface area contributed by atoms with Crippen molar-refractivity contribution in [3.63, 3.8) is 0 Å². The highest BCUT2D eigenvalue weighted by molar-refractivity contribution is 5.74. The molecule has 20 heavy (non-hydrogen) atoms. The fourth-order valence-electron chi connectivity index (χ4n) is 2.33. The summed E-state index contributed by atoms with van der Waals surface area (Å²) in [6, 6.07) is 3.40. The standard InChI is InChI=1S/C15H21NO4/c1-15(2,3)20-14(18)11-5-4-8-16(9-11)13-7-6-12(10-17)19-13/h6-7,10-11H,4-5,8-9H2,1-3H3. The van der Waals surface area contributed by atoms with Crippen LogP contribution in [-0.2, 0) is 9.53 Å². The number of nitrogens with zero attached hydrogens (tertiary/aromatic N) is 1. The number of ether oxygens (including phenoxy) is 1. The first-order chi connectivity index (χ1) is 9.39. The smallest absolute Gasteiger partial charge is 0.311 e. The largest absolute Gasteiger partial charge is 0.460 e. The molecule has 0 amide bonds. The third-order valence-electron chi connectivity index (χ3n) is 3.20. The van der Waals surface area contributed by atoms with Gasteiger partial charge in [0.05, 0.1) is 5.92 Å². The fourth-order valence-corrected chi connectivity index (χ4v) is 2.33. The van der Waals surface area contributed by atoms with Gasteiger partial charge >= 0.3 is 5.97 Å². The van der Waals surface area contributed by atoms with Gasteiger partial charge in [0.25, 0.3) is 0 Å². The van der Waals surface area contributed by atoms with Crippen LogP contribution in [0.1, 0.15) is 44.2 Å². The Balaban J connectivity index is 2.01. The average Bonchev–Trinajstić information content (AvgIpc) is 2.85. The lowest BCUT2D eigenvalue weighted by Crippen LogP contribution is -2.41. The molecule has 110 valence electrons. The first kappa shape index (κ1) is 14.6. The van der Waals surface area contributed by atoms with Gasteiger partial charge in [-0.15, -0.1) is 0 Å². The minimum Gasteiger partial charge on any atom is -0.460 e. The van der Waals surface area contributed by atoms with Crippen molar-refractivity contribution < 1.29 is 18.7 Å². The molecule has 5 nitrogen and oxygen atoms in total. The fraction of sp³-hybridized carbons (Fsp3) is 0.600. The maximum absolute atomic E-state index is 12.1. The summed E-state index contributed by atoms with van der Waals surface area (Å²) >= 11 is 0. The Morgan fingerprint density at radius 2 is 2.20 bits per heavy atom. The van der Waals surface area contributed by atoms with E-state index in [0.717, 1.165) is 19.4 Å². The Hall–Kier alpha value is -1.78. The maximum Gasteiger partial charge on any atom is 0.311 e. The van der Waals surface area contributed by atoms with Gasteiger partial charge in [0, 0.05) is 19.2 Å². The molecule has 1 aromatic rings. The van der Waals surface area contributed by atoms with Crippen LogP contribution >= 0.6 is 0 Å². The molecule has 1 fully saturated rings. The van der Waals surface area contributed by atoms with E-state index in [1.54, 1.807) is 12.1 Å². The summed E-state index contributed by atoms with van der Waals surface area (Å²) in [6.07, 6.45) is 2.41. The lowest BCUT2D eigenvalue weighted by atomic mass is 9.98. The molecule has 2 rings (SSSR count). The summed E-state index contributed by atoms with van der Waals surface area (Å²) in [4.78, 5) is 24.8. The topological polar surface area (TPSA) is 59.8 Å². The van der Waals surface area contributed by atoms with Crippen molar-refractivity contribution in [2.24, 2.45) is 5.92 Å². The molecule has 1 aromatic heterocycles. The van der Waals surface area contributed by atoms with Crippen molar-refractivity contribution in [2.75, 3.05) is 18.0 Å². The van der Waals surface area contributed by atoms with E-state index in [4.69, 9.17) is 9.15 Å². The van der Waals surface area contributed by atoms with E-state index >= 15 is 0 Å². The predicted octanol–water partition coefficient (Wildman–Crippen LogP) is 2.65. The summed E-state index contributed by atoms with van der Waals surface area (Å²) in [5.41, 5.74) is -0.464. The van der Waals surface area contributed by atoms with Crippen LogP contribution in [0.2, 0.25) is 0 Å². The van der Waals surface area contributed by atoms with E-state index < -0.39 is 5.60 Å². The molecule has 1 atom stereocenters. The molecular formula is C15H21NO4. The normalized spacial score (nSPS) is 19.8. The molecule has 0 aromatic carbocycles. The molecule has 5 heteroatoms. The van der Waals surface area contributed by atoms with Crippen LogP contribution in [0.3, 0.4) is 0 Å². The van der Waals surface area contributed by atoms with Crippen molar-refractivity contribution in [1.82, 2.24) is 0 Å². The molecule has 2 heterocycles. The monoisotopic (exact) mass is 279 g/mol. The van der Waals surface area contributed by atoms with E-state index in [1.807, 2.05) is 25.7 Å². The van der Waals surface area contributed by atoms with Gasteiger partial charge in [-0.3, -0.25) is 9.59 Å². The van der Waals surface area contributed by atoms with Crippen LogP contribution in [0.5, 0.6) is 0 Å². The third-order valence-corrected chi connectivity index (χ3v) is 3.20. The van der Waals surface area contributed by atoms with Crippen LogP contribution in [-0.4, -0.2) is 30.9 Å². The second kappa shape index (κ2) is 5.69. The second-order valence-corrected chi connectivity index (χ2v) is 6.11. The lowest BCUT2D eigenvalue weighted by molar-refractivity contribution is -0.160. The van der Waals surface area contributed by atoms with Gasteiger partial charge in [0.15, 0.2) is 17.9 Å². The van der Waals surface area contributed by atoms with E-state index in [2.05, 4.69) is 0 Å². The van der Waals surface area contributed by atoms with Gasteiger partial charge in [-0.2, -0.15) is 0 Å². The number of furan rings is 1. The Morgan fingerprint density at radius 3 is 2.80 bits per heavy atom. The zero-order valence-electron chi connectivity index (χ0n) is 12.2.